The lowest BCUT2D eigenvalue weighted by molar-refractivity contribution is -0.160. The van der Waals surface area contributed by atoms with Crippen molar-refractivity contribution in [2.75, 3.05) is 19.7 Å². The van der Waals surface area contributed by atoms with Gasteiger partial charge < -0.3 is 14.7 Å². The van der Waals surface area contributed by atoms with Crippen molar-refractivity contribution in [2.45, 2.75) is 25.5 Å². The van der Waals surface area contributed by atoms with E-state index in [4.69, 9.17) is 9.84 Å². The maximum atomic E-state index is 13.1. The highest BCUT2D eigenvalue weighted by Gasteiger charge is 2.34. The molecule has 0 unspecified atom stereocenters. The number of tetrazole rings is 1. The van der Waals surface area contributed by atoms with Crippen LogP contribution in [0.4, 0.5) is 0 Å². The summed E-state index contributed by atoms with van der Waals surface area (Å²) in [6.45, 7) is 2.27. The quantitative estimate of drug-likeness (QED) is 0.817. The highest BCUT2D eigenvalue weighted by atomic mass is 16.5. The average Bonchev–Trinajstić information content (AvgIpc) is 3.06. The fraction of sp³-hybridized carbons (Fsp3) is 0.438. The molecule has 0 spiro atoms. The van der Waals surface area contributed by atoms with E-state index in [0.29, 0.717) is 18.8 Å². The number of hydrogen-bond acceptors (Lipinski definition) is 6. The number of amides is 1. The summed E-state index contributed by atoms with van der Waals surface area (Å²) in [5.41, 5.74) is 0.971. The van der Waals surface area contributed by atoms with Gasteiger partial charge in [-0.25, -0.2) is 9.48 Å². The molecule has 1 fully saturated rings. The lowest BCUT2D eigenvalue weighted by Crippen LogP contribution is -2.51. The van der Waals surface area contributed by atoms with Crippen molar-refractivity contribution in [2.24, 2.45) is 0 Å². The Hall–Kier alpha value is -2.81. The van der Waals surface area contributed by atoms with E-state index in [1.807, 2.05) is 30.3 Å². The molecule has 1 aliphatic rings. The lowest BCUT2D eigenvalue weighted by atomic mass is 10.0. The van der Waals surface area contributed by atoms with Gasteiger partial charge in [0.15, 0.2) is 6.10 Å². The standard InChI is InChI=1S/C16H19N5O4/c1-11-17-18-19-21(11)13(9-12-5-3-2-4-6-12)15(22)20-7-8-25-14(10-20)16(23)24/h2-6,13-14H,7-10H2,1H3,(H,23,24)/t13-,14+/m0/s1. The Bertz CT molecular complexity index is 748. The van der Waals surface area contributed by atoms with Crippen LogP contribution in [0.3, 0.4) is 0 Å². The summed E-state index contributed by atoms with van der Waals surface area (Å²) in [7, 11) is 0. The van der Waals surface area contributed by atoms with Crippen molar-refractivity contribution >= 4 is 11.9 Å². The number of benzene rings is 1. The second-order valence-electron chi connectivity index (χ2n) is 5.86. The van der Waals surface area contributed by atoms with Crippen molar-refractivity contribution in [3.8, 4) is 0 Å². The van der Waals surface area contributed by atoms with E-state index in [0.717, 1.165) is 5.56 Å². The van der Waals surface area contributed by atoms with E-state index in [1.54, 1.807) is 6.92 Å². The molecule has 2 heterocycles. The fourth-order valence-corrected chi connectivity index (χ4v) is 2.85. The number of aryl methyl sites for hydroxylation is 1. The molecule has 1 aromatic carbocycles. The summed E-state index contributed by atoms with van der Waals surface area (Å²) in [5, 5.41) is 20.6. The second kappa shape index (κ2) is 7.39. The lowest BCUT2D eigenvalue weighted by Gasteiger charge is -2.33. The average molecular weight is 345 g/mol. The Kier molecular flexibility index (Phi) is 5.03. The van der Waals surface area contributed by atoms with E-state index >= 15 is 0 Å². The van der Waals surface area contributed by atoms with E-state index < -0.39 is 18.1 Å². The summed E-state index contributed by atoms with van der Waals surface area (Å²) in [4.78, 5) is 25.8. The van der Waals surface area contributed by atoms with Crippen LogP contribution in [0.5, 0.6) is 0 Å². The van der Waals surface area contributed by atoms with Crippen molar-refractivity contribution in [3.63, 3.8) is 0 Å². The van der Waals surface area contributed by atoms with E-state index in [-0.39, 0.29) is 19.1 Å². The van der Waals surface area contributed by atoms with Gasteiger partial charge in [0.2, 0.25) is 5.91 Å². The highest BCUT2D eigenvalue weighted by molar-refractivity contribution is 5.82. The zero-order chi connectivity index (χ0) is 17.8. The molecule has 2 aromatic rings. The molecular formula is C16H19N5O4. The first-order valence-electron chi connectivity index (χ1n) is 7.98. The summed E-state index contributed by atoms with van der Waals surface area (Å²) in [6, 6.07) is 8.93. The molecule has 0 saturated carbocycles. The van der Waals surface area contributed by atoms with E-state index in [1.165, 1.54) is 9.58 Å². The number of hydrogen-bond donors (Lipinski definition) is 1. The van der Waals surface area contributed by atoms with E-state index in [9.17, 15) is 9.59 Å². The zero-order valence-electron chi connectivity index (χ0n) is 13.8. The van der Waals surface area contributed by atoms with Crippen molar-refractivity contribution in [1.29, 1.82) is 0 Å². The van der Waals surface area contributed by atoms with Gasteiger partial charge in [0, 0.05) is 13.0 Å². The maximum absolute atomic E-state index is 13.1. The molecule has 2 atom stereocenters. The molecule has 132 valence electrons. The minimum absolute atomic E-state index is 0.0145. The molecule has 1 N–H and O–H groups in total. The first kappa shape index (κ1) is 17.0. The predicted molar refractivity (Wildman–Crippen MR) is 85.7 cm³/mol. The molecule has 0 aliphatic carbocycles. The van der Waals surface area contributed by atoms with Crippen LogP contribution in [-0.2, 0) is 20.7 Å². The number of nitrogens with zero attached hydrogens (tertiary/aromatic N) is 5. The van der Waals surface area contributed by atoms with Crippen LogP contribution < -0.4 is 0 Å². The van der Waals surface area contributed by atoms with Crippen molar-refractivity contribution in [3.05, 3.63) is 41.7 Å². The minimum atomic E-state index is -1.07. The SMILES string of the molecule is Cc1nnnn1[C@@H](Cc1ccccc1)C(=O)N1CCO[C@@H](C(=O)O)C1. The molecule has 0 bridgehead atoms. The Balaban J connectivity index is 1.84. The van der Waals surface area contributed by atoms with Crippen molar-refractivity contribution in [1.82, 2.24) is 25.1 Å². The Morgan fingerprint density at radius 2 is 2.12 bits per heavy atom. The number of carbonyl (C=O) groups excluding carboxylic acids is 1. The van der Waals surface area contributed by atoms with Gasteiger partial charge in [-0.05, 0) is 22.9 Å². The summed E-state index contributed by atoms with van der Waals surface area (Å²) < 4.78 is 6.68. The van der Waals surface area contributed by atoms with Crippen LogP contribution in [0.25, 0.3) is 0 Å². The molecule has 1 saturated heterocycles. The topological polar surface area (TPSA) is 110 Å². The number of aliphatic carboxylic acids is 1. The molecular weight excluding hydrogens is 326 g/mol. The van der Waals surface area contributed by atoms with E-state index in [2.05, 4.69) is 15.5 Å². The van der Waals surface area contributed by atoms with Crippen LogP contribution in [0.2, 0.25) is 0 Å². The minimum Gasteiger partial charge on any atom is -0.479 e. The number of rotatable bonds is 5. The Morgan fingerprint density at radius 3 is 2.76 bits per heavy atom. The Labute approximate surface area is 144 Å². The highest BCUT2D eigenvalue weighted by Crippen LogP contribution is 2.19. The number of morpholine rings is 1. The van der Waals surface area contributed by atoms with Gasteiger partial charge in [-0.2, -0.15) is 0 Å². The molecule has 25 heavy (non-hydrogen) atoms. The van der Waals surface area contributed by atoms with Crippen LogP contribution in [-0.4, -0.2) is 67.9 Å². The number of carbonyl (C=O) groups is 2. The first-order chi connectivity index (χ1) is 12.1. The van der Waals surface area contributed by atoms with Crippen molar-refractivity contribution < 1.29 is 19.4 Å². The van der Waals surface area contributed by atoms with Gasteiger partial charge in [-0.15, -0.1) is 5.10 Å². The summed E-state index contributed by atoms with van der Waals surface area (Å²) in [5.74, 6) is -0.762. The van der Waals surface area contributed by atoms with Gasteiger partial charge in [-0.1, -0.05) is 30.3 Å². The molecule has 9 heteroatoms. The smallest absolute Gasteiger partial charge is 0.334 e. The zero-order valence-corrected chi connectivity index (χ0v) is 13.8. The van der Waals surface area contributed by atoms with Gasteiger partial charge in [0.1, 0.15) is 11.9 Å². The predicted octanol–water partition coefficient (Wildman–Crippen LogP) is 0.0773. The largest absolute Gasteiger partial charge is 0.479 e. The fourth-order valence-electron chi connectivity index (χ4n) is 2.85. The normalized spacial score (nSPS) is 18.8. The van der Waals surface area contributed by atoms with Gasteiger partial charge in [-0.3, -0.25) is 4.79 Å². The van der Waals surface area contributed by atoms with Gasteiger partial charge in [0.25, 0.3) is 0 Å². The first-order valence-corrected chi connectivity index (χ1v) is 7.98. The third-order valence-corrected chi connectivity index (χ3v) is 4.16. The van der Waals surface area contributed by atoms with Crippen LogP contribution in [0, 0.1) is 6.92 Å². The van der Waals surface area contributed by atoms with Gasteiger partial charge >= 0.3 is 5.97 Å². The van der Waals surface area contributed by atoms with Crippen LogP contribution in [0.1, 0.15) is 17.4 Å². The van der Waals surface area contributed by atoms with Gasteiger partial charge in [0.05, 0.1) is 13.2 Å². The van der Waals surface area contributed by atoms with Crippen LogP contribution >= 0.6 is 0 Å². The summed E-state index contributed by atoms with van der Waals surface area (Å²) >= 11 is 0. The molecule has 1 amide bonds. The number of carboxylic acid groups (broad SMARTS) is 1. The maximum Gasteiger partial charge on any atom is 0.334 e. The second-order valence-corrected chi connectivity index (χ2v) is 5.86. The van der Waals surface area contributed by atoms with Crippen LogP contribution in [0.15, 0.2) is 30.3 Å². The monoisotopic (exact) mass is 345 g/mol. The third-order valence-electron chi connectivity index (χ3n) is 4.16. The number of aromatic nitrogens is 4. The summed E-state index contributed by atoms with van der Waals surface area (Å²) in [6.07, 6.45) is -0.592. The number of carboxylic acids is 1. The molecule has 9 nitrogen and oxygen atoms in total. The third kappa shape index (κ3) is 3.82. The Morgan fingerprint density at radius 1 is 1.36 bits per heavy atom. The molecule has 3 rings (SSSR count). The number of ether oxygens (including phenoxy) is 1. The molecule has 0 radical (unpaired) electrons. The molecule has 1 aliphatic heterocycles. The molecule has 1 aromatic heterocycles.